The van der Waals surface area contributed by atoms with Crippen molar-refractivity contribution in [2.24, 2.45) is 0 Å². The number of nitrogens with zero attached hydrogens (tertiary/aromatic N) is 2. The van der Waals surface area contributed by atoms with E-state index in [1.807, 2.05) is 19.1 Å². The Hall–Kier alpha value is -1.62. The minimum atomic E-state index is -0.0612. The second-order valence-electron chi connectivity index (χ2n) is 3.74. The lowest BCUT2D eigenvalue weighted by Crippen LogP contribution is -2.30. The van der Waals surface area contributed by atoms with Crippen LogP contribution in [0.2, 0.25) is 0 Å². The molecule has 0 N–H and O–H groups in total. The Balaban J connectivity index is 2.18. The third-order valence-electron chi connectivity index (χ3n) is 2.59. The number of hydrogen-bond acceptors (Lipinski definition) is 3. The number of furan rings is 1. The van der Waals surface area contributed by atoms with E-state index in [0.29, 0.717) is 23.3 Å². The monoisotopic (exact) mass is 308 g/mol. The molecule has 0 atom stereocenters. The van der Waals surface area contributed by atoms with Crippen molar-refractivity contribution in [2.45, 2.75) is 13.5 Å². The van der Waals surface area contributed by atoms with Gasteiger partial charge in [0.15, 0.2) is 0 Å². The number of halogens is 1. The molecule has 0 bridgehead atoms. The summed E-state index contributed by atoms with van der Waals surface area (Å²) in [6.45, 7) is 3.01. The molecule has 0 aromatic carbocycles. The first kappa shape index (κ1) is 12.8. The highest BCUT2D eigenvalue weighted by Crippen LogP contribution is 2.16. The van der Waals surface area contributed by atoms with Crippen LogP contribution in [0, 0.1) is 0 Å². The van der Waals surface area contributed by atoms with Crippen molar-refractivity contribution in [3.8, 4) is 0 Å². The van der Waals surface area contributed by atoms with E-state index in [0.717, 1.165) is 5.76 Å². The standard InChI is InChI=1S/C13H13BrN2O2/c1-2-16(9-10-5-4-8-18-10)13(17)11-6-3-7-15-12(11)14/h3-8H,2,9H2,1H3. The van der Waals surface area contributed by atoms with Crippen molar-refractivity contribution >= 4 is 21.8 Å². The van der Waals surface area contributed by atoms with Crippen molar-refractivity contribution in [2.75, 3.05) is 6.54 Å². The second kappa shape index (κ2) is 5.82. The van der Waals surface area contributed by atoms with Crippen LogP contribution in [0.25, 0.3) is 0 Å². The zero-order valence-electron chi connectivity index (χ0n) is 9.97. The van der Waals surface area contributed by atoms with Gasteiger partial charge in [0.2, 0.25) is 0 Å². The summed E-state index contributed by atoms with van der Waals surface area (Å²) in [6, 6.07) is 7.17. The molecule has 0 unspecified atom stereocenters. The maximum Gasteiger partial charge on any atom is 0.257 e. The Labute approximate surface area is 114 Å². The summed E-state index contributed by atoms with van der Waals surface area (Å²) in [7, 11) is 0. The van der Waals surface area contributed by atoms with Crippen LogP contribution in [0.15, 0.2) is 45.7 Å². The Kier molecular flexibility index (Phi) is 4.15. The van der Waals surface area contributed by atoms with Crippen molar-refractivity contribution in [3.05, 3.63) is 52.7 Å². The van der Waals surface area contributed by atoms with Gasteiger partial charge in [0.05, 0.1) is 18.4 Å². The van der Waals surface area contributed by atoms with Gasteiger partial charge in [-0.25, -0.2) is 4.98 Å². The summed E-state index contributed by atoms with van der Waals surface area (Å²) >= 11 is 3.29. The summed E-state index contributed by atoms with van der Waals surface area (Å²) in [5, 5.41) is 0. The molecular weight excluding hydrogens is 296 g/mol. The van der Waals surface area contributed by atoms with E-state index in [2.05, 4.69) is 20.9 Å². The van der Waals surface area contributed by atoms with Crippen LogP contribution >= 0.6 is 15.9 Å². The highest BCUT2D eigenvalue weighted by molar-refractivity contribution is 9.10. The second-order valence-corrected chi connectivity index (χ2v) is 4.49. The molecule has 2 aromatic rings. The predicted octanol–water partition coefficient (Wildman–Crippen LogP) is 3.10. The van der Waals surface area contributed by atoms with Crippen LogP contribution in [0.3, 0.4) is 0 Å². The van der Waals surface area contributed by atoms with Gasteiger partial charge in [0.25, 0.3) is 5.91 Å². The summed E-state index contributed by atoms with van der Waals surface area (Å²) in [5.74, 6) is 0.707. The highest BCUT2D eigenvalue weighted by Gasteiger charge is 2.18. The number of carbonyl (C=O) groups is 1. The van der Waals surface area contributed by atoms with Gasteiger partial charge in [-0.15, -0.1) is 0 Å². The van der Waals surface area contributed by atoms with E-state index in [1.54, 1.807) is 29.5 Å². The zero-order valence-corrected chi connectivity index (χ0v) is 11.6. The SMILES string of the molecule is CCN(Cc1ccco1)C(=O)c1cccnc1Br. The minimum Gasteiger partial charge on any atom is -0.467 e. The number of aromatic nitrogens is 1. The number of amides is 1. The van der Waals surface area contributed by atoms with Gasteiger partial charge in [-0.3, -0.25) is 4.79 Å². The number of pyridine rings is 1. The molecule has 18 heavy (non-hydrogen) atoms. The average Bonchev–Trinajstić information content (AvgIpc) is 2.88. The molecule has 0 saturated carbocycles. The normalized spacial score (nSPS) is 10.3. The Morgan fingerprint density at radius 2 is 2.28 bits per heavy atom. The molecule has 0 saturated heterocycles. The first-order chi connectivity index (χ1) is 8.72. The van der Waals surface area contributed by atoms with Crippen LogP contribution in [-0.4, -0.2) is 22.3 Å². The Bertz CT molecular complexity index is 526. The molecular formula is C13H13BrN2O2. The van der Waals surface area contributed by atoms with Gasteiger partial charge < -0.3 is 9.32 Å². The molecule has 2 rings (SSSR count). The topological polar surface area (TPSA) is 46.3 Å². The van der Waals surface area contributed by atoms with Crippen LogP contribution in [-0.2, 0) is 6.54 Å². The quantitative estimate of drug-likeness (QED) is 0.815. The van der Waals surface area contributed by atoms with Gasteiger partial charge in [-0.2, -0.15) is 0 Å². The van der Waals surface area contributed by atoms with Gasteiger partial charge in [-0.05, 0) is 47.1 Å². The summed E-state index contributed by atoms with van der Waals surface area (Å²) in [6.07, 6.45) is 3.25. The van der Waals surface area contributed by atoms with Crippen LogP contribution in [0.1, 0.15) is 23.0 Å². The molecule has 0 radical (unpaired) electrons. The molecule has 0 aliphatic heterocycles. The molecule has 94 valence electrons. The maximum atomic E-state index is 12.3. The molecule has 2 heterocycles. The molecule has 0 fully saturated rings. The van der Waals surface area contributed by atoms with E-state index < -0.39 is 0 Å². The molecule has 0 aliphatic carbocycles. The lowest BCUT2D eigenvalue weighted by Gasteiger charge is -2.20. The Morgan fingerprint density at radius 3 is 2.89 bits per heavy atom. The van der Waals surface area contributed by atoms with Crippen LogP contribution in [0.5, 0.6) is 0 Å². The van der Waals surface area contributed by atoms with Crippen LogP contribution in [0.4, 0.5) is 0 Å². The molecule has 1 amide bonds. The summed E-state index contributed by atoms with van der Waals surface area (Å²) in [4.78, 5) is 18.1. The highest BCUT2D eigenvalue weighted by atomic mass is 79.9. The first-order valence-electron chi connectivity index (χ1n) is 5.64. The van der Waals surface area contributed by atoms with E-state index >= 15 is 0 Å². The summed E-state index contributed by atoms with van der Waals surface area (Å²) < 4.78 is 5.82. The lowest BCUT2D eigenvalue weighted by atomic mass is 10.2. The Morgan fingerprint density at radius 1 is 1.44 bits per heavy atom. The van der Waals surface area contributed by atoms with E-state index in [9.17, 15) is 4.79 Å². The van der Waals surface area contributed by atoms with E-state index in [1.165, 1.54) is 0 Å². The van der Waals surface area contributed by atoms with Gasteiger partial charge in [-0.1, -0.05) is 0 Å². The van der Waals surface area contributed by atoms with Crippen molar-refractivity contribution < 1.29 is 9.21 Å². The van der Waals surface area contributed by atoms with Crippen molar-refractivity contribution in [1.29, 1.82) is 0 Å². The van der Waals surface area contributed by atoms with Crippen molar-refractivity contribution in [1.82, 2.24) is 9.88 Å². The molecule has 5 heteroatoms. The number of rotatable bonds is 4. The number of carbonyl (C=O) groups excluding carboxylic acids is 1. The van der Waals surface area contributed by atoms with E-state index in [4.69, 9.17) is 4.42 Å². The largest absolute Gasteiger partial charge is 0.467 e. The third-order valence-corrected chi connectivity index (χ3v) is 3.22. The van der Waals surface area contributed by atoms with E-state index in [-0.39, 0.29) is 5.91 Å². The van der Waals surface area contributed by atoms with Crippen LogP contribution < -0.4 is 0 Å². The fraction of sp³-hybridized carbons (Fsp3) is 0.231. The molecule has 2 aromatic heterocycles. The predicted molar refractivity (Wildman–Crippen MR) is 71.1 cm³/mol. The fourth-order valence-corrected chi connectivity index (χ4v) is 2.05. The van der Waals surface area contributed by atoms with Gasteiger partial charge in [0, 0.05) is 12.7 Å². The summed E-state index contributed by atoms with van der Waals surface area (Å²) in [5.41, 5.74) is 0.561. The van der Waals surface area contributed by atoms with Gasteiger partial charge in [0.1, 0.15) is 10.4 Å². The maximum absolute atomic E-state index is 12.3. The third kappa shape index (κ3) is 2.79. The average molecular weight is 309 g/mol. The first-order valence-corrected chi connectivity index (χ1v) is 6.44. The molecule has 0 spiro atoms. The molecule has 4 nitrogen and oxygen atoms in total. The fourth-order valence-electron chi connectivity index (χ4n) is 1.63. The smallest absolute Gasteiger partial charge is 0.257 e. The molecule has 0 aliphatic rings. The zero-order chi connectivity index (χ0) is 13.0. The minimum absolute atomic E-state index is 0.0612. The lowest BCUT2D eigenvalue weighted by molar-refractivity contribution is 0.0740. The van der Waals surface area contributed by atoms with Gasteiger partial charge >= 0.3 is 0 Å². The van der Waals surface area contributed by atoms with Crippen molar-refractivity contribution in [3.63, 3.8) is 0 Å². The number of hydrogen-bond donors (Lipinski definition) is 0.